The van der Waals surface area contributed by atoms with Crippen LogP contribution in [0.1, 0.15) is 25.5 Å². The van der Waals surface area contributed by atoms with Crippen LogP contribution in [0.4, 0.5) is 5.88 Å². The number of hydrogen-bond acceptors (Lipinski definition) is 5. The zero-order chi connectivity index (χ0) is 18.5. The predicted molar refractivity (Wildman–Crippen MR) is 103 cm³/mol. The summed E-state index contributed by atoms with van der Waals surface area (Å²) in [6.07, 6.45) is 1.31. The SMILES string of the molecule is Cc1noc(NC(=O)CCC(C)N2CCN(C)CC2)c1-c1ccccc1. The quantitative estimate of drug-likeness (QED) is 0.862. The third-order valence-corrected chi connectivity index (χ3v) is 5.13. The summed E-state index contributed by atoms with van der Waals surface area (Å²) < 4.78 is 5.36. The molecule has 0 bridgehead atoms. The molecule has 0 spiro atoms. The molecule has 1 aromatic carbocycles. The van der Waals surface area contributed by atoms with Crippen molar-refractivity contribution in [3.05, 3.63) is 36.0 Å². The first-order chi connectivity index (χ1) is 12.5. The minimum atomic E-state index is -0.0284. The van der Waals surface area contributed by atoms with Gasteiger partial charge in [0.1, 0.15) is 0 Å². The fourth-order valence-corrected chi connectivity index (χ4v) is 3.37. The summed E-state index contributed by atoms with van der Waals surface area (Å²) in [5, 5.41) is 6.92. The fraction of sp³-hybridized carbons (Fsp3) is 0.500. The molecule has 140 valence electrons. The molecule has 0 radical (unpaired) electrons. The van der Waals surface area contributed by atoms with E-state index in [1.165, 1.54) is 0 Å². The van der Waals surface area contributed by atoms with Crippen molar-refractivity contribution in [2.45, 2.75) is 32.7 Å². The molecule has 0 saturated carbocycles. The van der Waals surface area contributed by atoms with E-state index < -0.39 is 0 Å². The lowest BCUT2D eigenvalue weighted by Crippen LogP contribution is -2.48. The number of anilines is 1. The third-order valence-electron chi connectivity index (χ3n) is 5.13. The van der Waals surface area contributed by atoms with Crippen molar-refractivity contribution >= 4 is 11.8 Å². The maximum atomic E-state index is 12.4. The molecule has 1 unspecified atom stereocenters. The summed E-state index contributed by atoms with van der Waals surface area (Å²) >= 11 is 0. The van der Waals surface area contributed by atoms with Gasteiger partial charge in [0.15, 0.2) is 0 Å². The number of amides is 1. The van der Waals surface area contributed by atoms with Crippen LogP contribution in [-0.4, -0.2) is 60.1 Å². The molecule has 2 aromatic rings. The summed E-state index contributed by atoms with van der Waals surface area (Å²) in [6, 6.07) is 10.3. The van der Waals surface area contributed by atoms with E-state index in [0.29, 0.717) is 18.3 Å². The number of aromatic nitrogens is 1. The molecule has 1 aromatic heterocycles. The highest BCUT2D eigenvalue weighted by molar-refractivity contribution is 5.93. The summed E-state index contributed by atoms with van der Waals surface area (Å²) in [5.41, 5.74) is 2.62. The van der Waals surface area contributed by atoms with Gasteiger partial charge >= 0.3 is 0 Å². The number of piperazine rings is 1. The maximum Gasteiger partial charge on any atom is 0.239 e. The maximum absolute atomic E-state index is 12.4. The van der Waals surface area contributed by atoms with Crippen LogP contribution in [0.15, 0.2) is 34.9 Å². The molecule has 6 nitrogen and oxygen atoms in total. The Morgan fingerprint density at radius 3 is 2.62 bits per heavy atom. The summed E-state index contributed by atoms with van der Waals surface area (Å²) in [5.74, 6) is 0.408. The first-order valence-corrected chi connectivity index (χ1v) is 9.28. The topological polar surface area (TPSA) is 61.6 Å². The van der Waals surface area contributed by atoms with Gasteiger partial charge in [0.2, 0.25) is 11.8 Å². The predicted octanol–water partition coefficient (Wildman–Crippen LogP) is 3.00. The average molecular weight is 356 g/mol. The van der Waals surface area contributed by atoms with Gasteiger partial charge in [-0.15, -0.1) is 0 Å². The van der Waals surface area contributed by atoms with Gasteiger partial charge in [-0.3, -0.25) is 15.0 Å². The van der Waals surface area contributed by atoms with Crippen molar-refractivity contribution in [3.8, 4) is 11.1 Å². The fourth-order valence-electron chi connectivity index (χ4n) is 3.37. The highest BCUT2D eigenvalue weighted by Gasteiger charge is 2.21. The van der Waals surface area contributed by atoms with E-state index in [-0.39, 0.29) is 5.91 Å². The number of benzene rings is 1. The van der Waals surface area contributed by atoms with Gasteiger partial charge in [0.05, 0.1) is 11.3 Å². The summed E-state index contributed by atoms with van der Waals surface area (Å²) in [6.45, 7) is 8.41. The number of carbonyl (C=O) groups excluding carboxylic acids is 1. The molecule has 26 heavy (non-hydrogen) atoms. The Kier molecular flexibility index (Phi) is 6.06. The first kappa shape index (κ1) is 18.6. The number of rotatable bonds is 6. The molecule has 2 heterocycles. The van der Waals surface area contributed by atoms with Crippen molar-refractivity contribution < 1.29 is 9.32 Å². The van der Waals surface area contributed by atoms with Gasteiger partial charge in [-0.1, -0.05) is 35.5 Å². The third kappa shape index (κ3) is 4.51. The Labute approximate surface area is 155 Å². The Hall–Kier alpha value is -2.18. The molecule has 1 fully saturated rings. The number of nitrogens with one attached hydrogen (secondary N) is 1. The average Bonchev–Trinajstić information content (AvgIpc) is 3.01. The lowest BCUT2D eigenvalue weighted by molar-refractivity contribution is -0.116. The van der Waals surface area contributed by atoms with E-state index >= 15 is 0 Å². The number of carbonyl (C=O) groups is 1. The monoisotopic (exact) mass is 356 g/mol. The van der Waals surface area contributed by atoms with Gasteiger partial charge < -0.3 is 9.42 Å². The van der Waals surface area contributed by atoms with E-state index in [4.69, 9.17) is 4.52 Å². The normalized spacial score (nSPS) is 17.2. The van der Waals surface area contributed by atoms with Crippen LogP contribution >= 0.6 is 0 Å². The van der Waals surface area contributed by atoms with Crippen molar-refractivity contribution in [2.75, 3.05) is 38.5 Å². The van der Waals surface area contributed by atoms with E-state index in [1.54, 1.807) is 0 Å². The Morgan fingerprint density at radius 2 is 1.92 bits per heavy atom. The van der Waals surface area contributed by atoms with Crippen LogP contribution in [0.25, 0.3) is 11.1 Å². The molecule has 1 amide bonds. The van der Waals surface area contributed by atoms with Crippen LogP contribution < -0.4 is 5.32 Å². The van der Waals surface area contributed by atoms with Gasteiger partial charge in [-0.2, -0.15) is 0 Å². The minimum absolute atomic E-state index is 0.0284. The number of hydrogen-bond donors (Lipinski definition) is 1. The van der Waals surface area contributed by atoms with Crippen molar-refractivity contribution in [3.63, 3.8) is 0 Å². The molecular formula is C20H28N4O2. The molecule has 1 aliphatic heterocycles. The van der Waals surface area contributed by atoms with Crippen molar-refractivity contribution in [1.82, 2.24) is 15.0 Å². The number of likely N-dealkylation sites (N-methyl/N-ethyl adjacent to an activating group) is 1. The van der Waals surface area contributed by atoms with E-state index in [1.807, 2.05) is 37.3 Å². The van der Waals surface area contributed by atoms with Crippen LogP contribution in [-0.2, 0) is 4.79 Å². The minimum Gasteiger partial charge on any atom is -0.337 e. The standard InChI is InChI=1S/C20H28N4O2/c1-15(24-13-11-23(3)12-14-24)9-10-18(25)21-20-19(16(2)22-26-20)17-7-5-4-6-8-17/h4-8,15H,9-14H2,1-3H3,(H,21,25). The second kappa shape index (κ2) is 8.47. The molecule has 1 N–H and O–H groups in total. The van der Waals surface area contributed by atoms with Gasteiger partial charge in [-0.25, -0.2) is 0 Å². The smallest absolute Gasteiger partial charge is 0.239 e. The van der Waals surface area contributed by atoms with Gasteiger partial charge in [0.25, 0.3) is 0 Å². The Balaban J connectivity index is 1.56. The van der Waals surface area contributed by atoms with Gasteiger partial charge in [0, 0.05) is 38.6 Å². The second-order valence-corrected chi connectivity index (χ2v) is 7.11. The number of aryl methyl sites for hydroxylation is 1. The summed E-state index contributed by atoms with van der Waals surface area (Å²) in [4.78, 5) is 17.2. The molecule has 1 atom stereocenters. The van der Waals surface area contributed by atoms with Crippen LogP contribution in [0, 0.1) is 6.92 Å². The lowest BCUT2D eigenvalue weighted by Gasteiger charge is -2.36. The van der Waals surface area contributed by atoms with E-state index in [0.717, 1.165) is 49.4 Å². The second-order valence-electron chi connectivity index (χ2n) is 7.11. The zero-order valence-corrected chi connectivity index (χ0v) is 15.9. The Morgan fingerprint density at radius 1 is 1.23 bits per heavy atom. The number of nitrogens with zero attached hydrogens (tertiary/aromatic N) is 3. The van der Waals surface area contributed by atoms with Crippen LogP contribution in [0.2, 0.25) is 0 Å². The molecule has 1 aliphatic rings. The first-order valence-electron chi connectivity index (χ1n) is 9.28. The zero-order valence-electron chi connectivity index (χ0n) is 15.9. The van der Waals surface area contributed by atoms with Crippen molar-refractivity contribution in [1.29, 1.82) is 0 Å². The molecule has 3 rings (SSSR count). The Bertz CT molecular complexity index is 721. The summed E-state index contributed by atoms with van der Waals surface area (Å²) in [7, 11) is 2.15. The van der Waals surface area contributed by atoms with Crippen LogP contribution in [0.3, 0.4) is 0 Å². The van der Waals surface area contributed by atoms with Crippen molar-refractivity contribution in [2.24, 2.45) is 0 Å². The highest BCUT2D eigenvalue weighted by atomic mass is 16.5. The molecule has 0 aliphatic carbocycles. The largest absolute Gasteiger partial charge is 0.337 e. The molecule has 1 saturated heterocycles. The van der Waals surface area contributed by atoms with E-state index in [2.05, 4.69) is 34.2 Å². The molecule has 6 heteroatoms. The van der Waals surface area contributed by atoms with Gasteiger partial charge in [-0.05, 0) is 32.9 Å². The lowest BCUT2D eigenvalue weighted by atomic mass is 10.1. The van der Waals surface area contributed by atoms with Crippen LogP contribution in [0.5, 0.6) is 0 Å². The highest BCUT2D eigenvalue weighted by Crippen LogP contribution is 2.31. The van der Waals surface area contributed by atoms with E-state index in [9.17, 15) is 4.79 Å². The molecular weight excluding hydrogens is 328 g/mol.